The third-order valence-corrected chi connectivity index (χ3v) is 4.92. The Balaban J connectivity index is 2.35. The van der Waals surface area contributed by atoms with Gasteiger partial charge >= 0.3 is 0 Å². The number of thioether (sulfide) groups is 1. The molecule has 3 nitrogen and oxygen atoms in total. The Kier molecular flexibility index (Phi) is 5.61. The molecule has 0 spiro atoms. The monoisotopic (exact) mass is 294 g/mol. The molecule has 1 aliphatic rings. The predicted molar refractivity (Wildman–Crippen MR) is 89.2 cm³/mol. The van der Waals surface area contributed by atoms with Gasteiger partial charge in [0.25, 0.3) is 0 Å². The minimum absolute atomic E-state index is 0.302. The van der Waals surface area contributed by atoms with Gasteiger partial charge in [0.15, 0.2) is 0 Å². The molecule has 0 bridgehead atoms. The summed E-state index contributed by atoms with van der Waals surface area (Å²) in [4.78, 5) is 2.51. The average molecular weight is 294 g/mol. The number of nitrogens with one attached hydrogen (secondary N) is 1. The Morgan fingerprint density at radius 1 is 1.50 bits per heavy atom. The highest BCUT2D eigenvalue weighted by Gasteiger charge is 2.23. The van der Waals surface area contributed by atoms with E-state index in [0.29, 0.717) is 11.3 Å². The van der Waals surface area contributed by atoms with E-state index in [1.54, 1.807) is 7.11 Å². The molecule has 1 heterocycles. The van der Waals surface area contributed by atoms with Crippen molar-refractivity contribution in [2.75, 3.05) is 37.4 Å². The van der Waals surface area contributed by atoms with Gasteiger partial charge in [0.05, 0.1) is 7.11 Å². The SMILES string of the molecule is CCNC(C)c1c(OC)cccc1N1CCSC(C)C1. The molecule has 112 valence electrons. The molecule has 1 saturated heterocycles. The lowest BCUT2D eigenvalue weighted by Gasteiger charge is -2.35. The zero-order valence-electron chi connectivity index (χ0n) is 13.0. The maximum absolute atomic E-state index is 5.60. The van der Waals surface area contributed by atoms with Crippen LogP contribution >= 0.6 is 11.8 Å². The number of anilines is 1. The molecule has 0 aliphatic carbocycles. The van der Waals surface area contributed by atoms with Crippen molar-refractivity contribution in [3.8, 4) is 5.75 Å². The third kappa shape index (κ3) is 3.41. The molecule has 0 saturated carbocycles. The van der Waals surface area contributed by atoms with Gasteiger partial charge in [0.2, 0.25) is 0 Å². The average Bonchev–Trinajstić information content (AvgIpc) is 2.46. The van der Waals surface area contributed by atoms with Crippen LogP contribution < -0.4 is 15.0 Å². The van der Waals surface area contributed by atoms with E-state index in [4.69, 9.17) is 4.74 Å². The van der Waals surface area contributed by atoms with Crippen LogP contribution in [0.15, 0.2) is 18.2 Å². The zero-order valence-corrected chi connectivity index (χ0v) is 13.8. The van der Waals surface area contributed by atoms with Crippen LogP contribution in [0.4, 0.5) is 5.69 Å². The highest BCUT2D eigenvalue weighted by atomic mass is 32.2. The fourth-order valence-corrected chi connectivity index (χ4v) is 3.88. The van der Waals surface area contributed by atoms with E-state index >= 15 is 0 Å². The summed E-state index contributed by atoms with van der Waals surface area (Å²) >= 11 is 2.06. The third-order valence-electron chi connectivity index (χ3n) is 3.79. The summed E-state index contributed by atoms with van der Waals surface area (Å²) in [6.45, 7) is 9.87. The van der Waals surface area contributed by atoms with Crippen LogP contribution in [0.25, 0.3) is 0 Å². The first kappa shape index (κ1) is 15.5. The number of nitrogens with zero attached hydrogens (tertiary/aromatic N) is 1. The van der Waals surface area contributed by atoms with E-state index in [1.165, 1.54) is 17.0 Å². The Hall–Kier alpha value is -0.870. The topological polar surface area (TPSA) is 24.5 Å². The van der Waals surface area contributed by atoms with Gasteiger partial charge in [0, 0.05) is 41.4 Å². The first-order valence-electron chi connectivity index (χ1n) is 7.44. The first-order chi connectivity index (χ1) is 9.67. The molecule has 1 aliphatic heterocycles. The normalized spacial score (nSPS) is 20.8. The van der Waals surface area contributed by atoms with Crippen LogP contribution in [0.5, 0.6) is 5.75 Å². The summed E-state index contributed by atoms with van der Waals surface area (Å²) in [5.74, 6) is 2.19. The van der Waals surface area contributed by atoms with Crippen molar-refractivity contribution < 1.29 is 4.74 Å². The number of rotatable bonds is 5. The molecule has 4 heteroatoms. The molecule has 1 fully saturated rings. The maximum Gasteiger partial charge on any atom is 0.125 e. The van der Waals surface area contributed by atoms with Gasteiger partial charge in [-0.2, -0.15) is 11.8 Å². The summed E-state index contributed by atoms with van der Waals surface area (Å²) in [7, 11) is 1.76. The van der Waals surface area contributed by atoms with Crippen molar-refractivity contribution in [2.45, 2.75) is 32.1 Å². The molecule has 2 rings (SSSR count). The van der Waals surface area contributed by atoms with Gasteiger partial charge in [-0.25, -0.2) is 0 Å². The summed E-state index contributed by atoms with van der Waals surface area (Å²) in [6.07, 6.45) is 0. The second kappa shape index (κ2) is 7.23. The Morgan fingerprint density at radius 2 is 2.30 bits per heavy atom. The molecule has 2 atom stereocenters. The standard InChI is InChI=1S/C16H26N2OS/c1-5-17-13(3)16-14(7-6-8-15(16)19-4)18-9-10-20-12(2)11-18/h6-8,12-13,17H,5,9-11H2,1-4H3. The van der Waals surface area contributed by atoms with E-state index in [2.05, 4.69) is 60.9 Å². The minimum atomic E-state index is 0.302. The maximum atomic E-state index is 5.60. The van der Waals surface area contributed by atoms with Crippen LogP contribution in [0.2, 0.25) is 0 Å². The van der Waals surface area contributed by atoms with Crippen molar-refractivity contribution in [1.29, 1.82) is 0 Å². The van der Waals surface area contributed by atoms with Crippen molar-refractivity contribution in [2.24, 2.45) is 0 Å². The summed E-state index contributed by atoms with van der Waals surface area (Å²) in [5.41, 5.74) is 2.61. The van der Waals surface area contributed by atoms with Crippen LogP contribution in [-0.2, 0) is 0 Å². The lowest BCUT2D eigenvalue weighted by molar-refractivity contribution is 0.402. The summed E-state index contributed by atoms with van der Waals surface area (Å²) < 4.78 is 5.60. The first-order valence-corrected chi connectivity index (χ1v) is 8.49. The second-order valence-corrected chi connectivity index (χ2v) is 6.85. The molecular weight excluding hydrogens is 268 g/mol. The van der Waals surface area contributed by atoms with E-state index in [-0.39, 0.29) is 0 Å². The second-order valence-electron chi connectivity index (χ2n) is 5.30. The number of ether oxygens (including phenoxy) is 1. The summed E-state index contributed by atoms with van der Waals surface area (Å²) in [6, 6.07) is 6.70. The lowest BCUT2D eigenvalue weighted by Crippen LogP contribution is -2.37. The Morgan fingerprint density at radius 3 is 2.95 bits per heavy atom. The van der Waals surface area contributed by atoms with Gasteiger partial charge in [-0.15, -0.1) is 0 Å². The van der Waals surface area contributed by atoms with E-state index in [0.717, 1.165) is 25.4 Å². The van der Waals surface area contributed by atoms with E-state index in [9.17, 15) is 0 Å². The fourth-order valence-electron chi connectivity index (χ4n) is 2.87. The fraction of sp³-hybridized carbons (Fsp3) is 0.625. The number of hydrogen-bond donors (Lipinski definition) is 1. The minimum Gasteiger partial charge on any atom is -0.496 e. The van der Waals surface area contributed by atoms with Crippen LogP contribution in [0.3, 0.4) is 0 Å². The van der Waals surface area contributed by atoms with Gasteiger partial charge in [-0.1, -0.05) is 19.9 Å². The summed E-state index contributed by atoms with van der Waals surface area (Å²) in [5, 5.41) is 4.21. The van der Waals surface area contributed by atoms with Crippen LogP contribution in [0.1, 0.15) is 32.4 Å². The van der Waals surface area contributed by atoms with Crippen molar-refractivity contribution >= 4 is 17.4 Å². The highest BCUT2D eigenvalue weighted by Crippen LogP contribution is 2.36. The van der Waals surface area contributed by atoms with Crippen LogP contribution in [-0.4, -0.2) is 37.7 Å². The van der Waals surface area contributed by atoms with Crippen molar-refractivity contribution in [3.05, 3.63) is 23.8 Å². The van der Waals surface area contributed by atoms with Crippen molar-refractivity contribution in [1.82, 2.24) is 5.32 Å². The quantitative estimate of drug-likeness (QED) is 0.900. The Labute approximate surface area is 127 Å². The van der Waals surface area contributed by atoms with E-state index < -0.39 is 0 Å². The molecule has 1 N–H and O–H groups in total. The molecule has 0 radical (unpaired) electrons. The molecule has 2 unspecified atom stereocenters. The molecule has 20 heavy (non-hydrogen) atoms. The van der Waals surface area contributed by atoms with Gasteiger partial charge in [0.1, 0.15) is 5.75 Å². The van der Waals surface area contributed by atoms with E-state index in [1.807, 2.05) is 0 Å². The number of benzene rings is 1. The molecule has 1 aromatic carbocycles. The van der Waals surface area contributed by atoms with Gasteiger partial charge in [-0.3, -0.25) is 0 Å². The van der Waals surface area contributed by atoms with Crippen molar-refractivity contribution in [3.63, 3.8) is 0 Å². The lowest BCUT2D eigenvalue weighted by atomic mass is 10.0. The predicted octanol–water partition coefficient (Wildman–Crippen LogP) is 3.31. The Bertz CT molecular complexity index is 438. The van der Waals surface area contributed by atoms with Gasteiger partial charge < -0.3 is 15.0 Å². The number of methoxy groups -OCH3 is 1. The molecule has 0 aromatic heterocycles. The van der Waals surface area contributed by atoms with Crippen LogP contribution in [0, 0.1) is 0 Å². The highest BCUT2D eigenvalue weighted by molar-refractivity contribution is 8.00. The largest absolute Gasteiger partial charge is 0.496 e. The smallest absolute Gasteiger partial charge is 0.125 e. The zero-order chi connectivity index (χ0) is 14.5. The molecule has 1 aromatic rings. The number of hydrogen-bond acceptors (Lipinski definition) is 4. The molecule has 0 amide bonds. The molecular formula is C16H26N2OS. The van der Waals surface area contributed by atoms with Gasteiger partial charge in [-0.05, 0) is 25.6 Å².